The largest absolute Gasteiger partial charge is 0.319 e. The number of hydrogen-bond donors (Lipinski definition) is 3. The maximum Gasteiger partial charge on any atom is 0.274 e. The third-order valence-corrected chi connectivity index (χ3v) is 4.70. The molecule has 0 atom stereocenters. The van der Waals surface area contributed by atoms with E-state index >= 15 is 0 Å². The maximum atomic E-state index is 13.0. The van der Waals surface area contributed by atoms with Crippen molar-refractivity contribution in [1.29, 1.82) is 0 Å². The lowest BCUT2D eigenvalue weighted by atomic mass is 10.1. The number of amides is 3. The highest BCUT2D eigenvalue weighted by Gasteiger charge is 2.22. The number of carbonyl (C=O) groups excluding carboxylic acids is 3. The number of pyridine rings is 1. The van der Waals surface area contributed by atoms with Gasteiger partial charge in [0.25, 0.3) is 11.8 Å². The van der Waals surface area contributed by atoms with Gasteiger partial charge in [-0.25, -0.2) is 9.67 Å². The Bertz CT molecular complexity index is 1150. The van der Waals surface area contributed by atoms with Crippen molar-refractivity contribution < 1.29 is 14.4 Å². The SMILES string of the molecule is CC(=O)NNC(=O)c1cccc(Cl)c1NC(=O)c1cc(Br)nn1-c1ncccc1Cl. The van der Waals surface area contributed by atoms with Crippen LogP contribution in [0, 0.1) is 0 Å². The summed E-state index contributed by atoms with van der Waals surface area (Å²) in [7, 11) is 0. The summed E-state index contributed by atoms with van der Waals surface area (Å²) in [4.78, 5) is 40.6. The van der Waals surface area contributed by atoms with Crippen LogP contribution in [0.5, 0.6) is 0 Å². The van der Waals surface area contributed by atoms with Crippen LogP contribution in [0.15, 0.2) is 47.2 Å². The van der Waals surface area contributed by atoms with Gasteiger partial charge in [-0.2, -0.15) is 5.10 Å². The number of hydrogen-bond acceptors (Lipinski definition) is 5. The minimum atomic E-state index is -0.662. The number of nitrogens with one attached hydrogen (secondary N) is 3. The molecule has 3 rings (SSSR count). The first-order valence-electron chi connectivity index (χ1n) is 8.31. The van der Waals surface area contributed by atoms with Crippen LogP contribution in [0.1, 0.15) is 27.8 Å². The van der Waals surface area contributed by atoms with Gasteiger partial charge in [-0.15, -0.1) is 0 Å². The average Bonchev–Trinajstić information content (AvgIpc) is 3.09. The van der Waals surface area contributed by atoms with Crippen molar-refractivity contribution in [2.24, 2.45) is 0 Å². The van der Waals surface area contributed by atoms with Crippen LogP contribution in [0.2, 0.25) is 10.0 Å². The second kappa shape index (κ2) is 9.24. The van der Waals surface area contributed by atoms with Gasteiger partial charge in [-0.05, 0) is 40.2 Å². The Morgan fingerprint density at radius 3 is 2.47 bits per heavy atom. The number of nitrogens with zero attached hydrogens (tertiary/aromatic N) is 3. The molecule has 3 aromatic rings. The molecule has 0 radical (unpaired) electrons. The highest BCUT2D eigenvalue weighted by Crippen LogP contribution is 2.28. The van der Waals surface area contributed by atoms with Crippen molar-refractivity contribution in [3.05, 3.63) is 68.5 Å². The molecule has 0 spiro atoms. The number of carbonyl (C=O) groups is 3. The zero-order valence-electron chi connectivity index (χ0n) is 15.2. The molecule has 9 nitrogen and oxygen atoms in total. The van der Waals surface area contributed by atoms with Crippen molar-refractivity contribution in [1.82, 2.24) is 25.6 Å². The zero-order chi connectivity index (χ0) is 21.8. The third-order valence-electron chi connectivity index (χ3n) is 3.70. The van der Waals surface area contributed by atoms with E-state index in [1.165, 1.54) is 42.1 Å². The van der Waals surface area contributed by atoms with E-state index in [2.05, 4.69) is 42.2 Å². The summed E-state index contributed by atoms with van der Waals surface area (Å²) in [6, 6.07) is 9.22. The lowest BCUT2D eigenvalue weighted by molar-refractivity contribution is -0.119. The Hall–Kier alpha value is -2.95. The molecule has 0 fully saturated rings. The van der Waals surface area contributed by atoms with Crippen LogP contribution < -0.4 is 16.2 Å². The standard InChI is InChI=1S/C18H13BrCl2N6O3/c1-9(28)24-25-17(29)10-4-2-5-11(20)15(10)23-18(30)13-8-14(19)26-27(13)16-12(21)6-3-7-22-16/h2-8H,1H3,(H,23,30)(H,24,28)(H,25,29). The van der Waals surface area contributed by atoms with Crippen molar-refractivity contribution in [2.75, 3.05) is 5.32 Å². The van der Waals surface area contributed by atoms with Crippen LogP contribution in [-0.2, 0) is 4.79 Å². The summed E-state index contributed by atoms with van der Waals surface area (Å²) in [5.41, 5.74) is 4.60. The Morgan fingerprint density at radius 1 is 1.03 bits per heavy atom. The molecular weight excluding hydrogens is 499 g/mol. The molecule has 0 aliphatic carbocycles. The van der Waals surface area contributed by atoms with Gasteiger partial charge >= 0.3 is 0 Å². The number of para-hydroxylation sites is 1. The second-order valence-corrected chi connectivity index (χ2v) is 7.45. The molecule has 154 valence electrons. The van der Waals surface area contributed by atoms with Gasteiger partial charge in [0.1, 0.15) is 10.3 Å². The summed E-state index contributed by atoms with van der Waals surface area (Å²) >= 11 is 15.6. The molecule has 1 aromatic carbocycles. The summed E-state index contributed by atoms with van der Waals surface area (Å²) in [5.74, 6) is -1.49. The molecule has 2 aromatic heterocycles. The van der Waals surface area contributed by atoms with Gasteiger partial charge < -0.3 is 5.32 Å². The van der Waals surface area contributed by atoms with Crippen molar-refractivity contribution in [3.8, 4) is 5.82 Å². The number of halogens is 3. The average molecular weight is 512 g/mol. The van der Waals surface area contributed by atoms with E-state index in [0.29, 0.717) is 4.60 Å². The monoisotopic (exact) mass is 510 g/mol. The van der Waals surface area contributed by atoms with Gasteiger partial charge in [-0.3, -0.25) is 25.2 Å². The Balaban J connectivity index is 1.96. The lowest BCUT2D eigenvalue weighted by Gasteiger charge is -2.14. The first kappa shape index (κ1) is 21.8. The van der Waals surface area contributed by atoms with E-state index in [-0.39, 0.29) is 32.8 Å². The predicted molar refractivity (Wildman–Crippen MR) is 115 cm³/mol. The smallest absolute Gasteiger partial charge is 0.274 e. The fourth-order valence-corrected chi connectivity index (χ4v) is 3.24. The number of benzene rings is 1. The van der Waals surface area contributed by atoms with Crippen LogP contribution in [0.3, 0.4) is 0 Å². The fourth-order valence-electron chi connectivity index (χ4n) is 2.44. The molecule has 3 amide bonds. The van der Waals surface area contributed by atoms with E-state index < -0.39 is 17.7 Å². The van der Waals surface area contributed by atoms with Crippen LogP contribution in [0.25, 0.3) is 5.82 Å². The fraction of sp³-hybridized carbons (Fsp3) is 0.0556. The second-order valence-electron chi connectivity index (χ2n) is 5.82. The van der Waals surface area contributed by atoms with Crippen molar-refractivity contribution >= 4 is 62.5 Å². The quantitative estimate of drug-likeness (QED) is 0.464. The summed E-state index contributed by atoms with van der Waals surface area (Å²) in [6.45, 7) is 1.24. The van der Waals surface area contributed by atoms with E-state index in [1.807, 2.05) is 0 Å². The van der Waals surface area contributed by atoms with Gasteiger partial charge in [0, 0.05) is 19.2 Å². The van der Waals surface area contributed by atoms with E-state index in [9.17, 15) is 14.4 Å². The van der Waals surface area contributed by atoms with E-state index in [4.69, 9.17) is 23.2 Å². The number of anilines is 1. The Kier molecular flexibility index (Phi) is 6.70. The number of aromatic nitrogens is 3. The number of hydrazine groups is 1. The lowest BCUT2D eigenvalue weighted by Crippen LogP contribution is -2.40. The highest BCUT2D eigenvalue weighted by atomic mass is 79.9. The highest BCUT2D eigenvalue weighted by molar-refractivity contribution is 9.10. The van der Waals surface area contributed by atoms with Gasteiger partial charge in [0.2, 0.25) is 5.91 Å². The molecule has 0 aliphatic rings. The minimum Gasteiger partial charge on any atom is -0.319 e. The molecule has 3 N–H and O–H groups in total. The van der Waals surface area contributed by atoms with Crippen molar-refractivity contribution in [2.45, 2.75) is 6.92 Å². The Morgan fingerprint density at radius 2 is 1.77 bits per heavy atom. The van der Waals surface area contributed by atoms with Gasteiger partial charge in [-0.1, -0.05) is 29.3 Å². The molecule has 0 aliphatic heterocycles. The third kappa shape index (κ3) is 4.78. The maximum absolute atomic E-state index is 13.0. The zero-order valence-corrected chi connectivity index (χ0v) is 18.3. The van der Waals surface area contributed by atoms with Crippen molar-refractivity contribution in [3.63, 3.8) is 0 Å². The molecular formula is C18H13BrCl2N6O3. The topological polar surface area (TPSA) is 118 Å². The molecule has 0 saturated heterocycles. The van der Waals surface area contributed by atoms with Crippen LogP contribution >= 0.6 is 39.1 Å². The Labute approximate surface area is 188 Å². The van der Waals surface area contributed by atoms with Gasteiger partial charge in [0.05, 0.1) is 21.3 Å². The predicted octanol–water partition coefficient (Wildman–Crippen LogP) is 3.37. The molecule has 12 heteroatoms. The summed E-state index contributed by atoms with van der Waals surface area (Å²) in [6.07, 6.45) is 1.51. The molecule has 0 unspecified atom stereocenters. The number of rotatable bonds is 4. The molecule has 0 bridgehead atoms. The first-order chi connectivity index (χ1) is 14.3. The normalized spacial score (nSPS) is 10.4. The minimum absolute atomic E-state index is 0.0469. The molecule has 30 heavy (non-hydrogen) atoms. The molecule has 0 saturated carbocycles. The molecule has 2 heterocycles. The van der Waals surface area contributed by atoms with Gasteiger partial charge in [0.15, 0.2) is 5.82 Å². The summed E-state index contributed by atoms with van der Waals surface area (Å²) in [5, 5.41) is 7.22. The first-order valence-corrected chi connectivity index (χ1v) is 9.86. The van der Waals surface area contributed by atoms with Crippen LogP contribution in [-0.4, -0.2) is 32.5 Å². The van der Waals surface area contributed by atoms with E-state index in [1.54, 1.807) is 12.1 Å². The van der Waals surface area contributed by atoms with E-state index in [0.717, 1.165) is 0 Å². The summed E-state index contributed by atoms with van der Waals surface area (Å²) < 4.78 is 1.63. The van der Waals surface area contributed by atoms with Crippen LogP contribution in [0.4, 0.5) is 5.69 Å².